The van der Waals surface area contributed by atoms with E-state index in [2.05, 4.69) is 53.7 Å². The number of fused-ring (bicyclic) bond motifs is 7. The fourth-order valence-electron chi connectivity index (χ4n) is 10.6. The Morgan fingerprint density at radius 2 is 1.70 bits per heavy atom. The van der Waals surface area contributed by atoms with Crippen LogP contribution in [0.1, 0.15) is 106 Å². The predicted octanol–water partition coefficient (Wildman–Crippen LogP) is 6.85. The van der Waals surface area contributed by atoms with Crippen LogP contribution < -0.4 is 0 Å². The fraction of sp³-hybridized carbons (Fsp3) is 0.848. The minimum absolute atomic E-state index is 0.00311. The monoisotopic (exact) mass is 512 g/mol. The molecule has 2 N–H and O–H groups in total. The molecule has 37 heavy (non-hydrogen) atoms. The lowest BCUT2D eigenvalue weighted by Crippen LogP contribution is -2.65. The maximum absolute atomic E-state index is 12.4. The van der Waals surface area contributed by atoms with Crippen molar-refractivity contribution in [3.63, 3.8) is 0 Å². The summed E-state index contributed by atoms with van der Waals surface area (Å²) >= 11 is 0. The van der Waals surface area contributed by atoms with Gasteiger partial charge < -0.3 is 14.9 Å². The van der Waals surface area contributed by atoms with Crippen molar-refractivity contribution in [3.05, 3.63) is 23.8 Å². The van der Waals surface area contributed by atoms with Gasteiger partial charge in [0.1, 0.15) is 0 Å². The lowest BCUT2D eigenvalue weighted by atomic mass is 9.34. The average molecular weight is 513 g/mol. The summed E-state index contributed by atoms with van der Waals surface area (Å²) in [6.45, 7) is 16.7. The first-order valence-corrected chi connectivity index (χ1v) is 15.2. The summed E-state index contributed by atoms with van der Waals surface area (Å²) in [6.07, 6.45) is 15.1. The van der Waals surface area contributed by atoms with Gasteiger partial charge in [-0.25, -0.2) is 4.79 Å². The zero-order valence-corrected chi connectivity index (χ0v) is 24.5. The fourth-order valence-corrected chi connectivity index (χ4v) is 10.6. The second-order valence-electron chi connectivity index (χ2n) is 15.2. The van der Waals surface area contributed by atoms with Crippen LogP contribution in [0.2, 0.25) is 0 Å². The molecular formula is C33H52O4. The Bertz CT molecular complexity index is 981. The van der Waals surface area contributed by atoms with E-state index in [-0.39, 0.29) is 45.1 Å². The van der Waals surface area contributed by atoms with Gasteiger partial charge in [0.25, 0.3) is 0 Å². The van der Waals surface area contributed by atoms with Crippen molar-refractivity contribution in [3.8, 4) is 0 Å². The first kappa shape index (κ1) is 27.4. The number of esters is 1. The normalized spacial score (nSPS) is 50.8. The van der Waals surface area contributed by atoms with Gasteiger partial charge in [0.2, 0.25) is 0 Å². The Hall–Kier alpha value is -1.13. The van der Waals surface area contributed by atoms with E-state index < -0.39 is 6.10 Å². The van der Waals surface area contributed by atoms with E-state index in [1.165, 1.54) is 5.57 Å². The predicted molar refractivity (Wildman–Crippen MR) is 148 cm³/mol. The molecule has 0 bridgehead atoms. The Morgan fingerprint density at radius 1 is 1.00 bits per heavy atom. The SMILES string of the molecule is CCOC(=O)/C=C/[C@]12CCC(C)(C)CC1C1[C@H](O)C=C3[C@@]4(C)CC[C@H](O)[C@@H](C)[C@@H]4CC[C@@]3(C)[C@]1(C)CC2. The molecule has 5 aliphatic carbocycles. The Morgan fingerprint density at radius 3 is 2.41 bits per heavy atom. The molecule has 0 aromatic heterocycles. The zero-order valence-electron chi connectivity index (χ0n) is 24.5. The van der Waals surface area contributed by atoms with Crippen LogP contribution in [0, 0.1) is 50.7 Å². The summed E-state index contributed by atoms with van der Waals surface area (Å²) in [4.78, 5) is 12.4. The van der Waals surface area contributed by atoms with Crippen molar-refractivity contribution in [2.45, 2.75) is 118 Å². The quantitative estimate of drug-likeness (QED) is 0.247. The molecular weight excluding hydrogens is 460 g/mol. The van der Waals surface area contributed by atoms with Crippen LogP contribution in [0.15, 0.2) is 23.8 Å². The molecule has 4 nitrogen and oxygen atoms in total. The van der Waals surface area contributed by atoms with Gasteiger partial charge in [0.15, 0.2) is 0 Å². The summed E-state index contributed by atoms with van der Waals surface area (Å²) in [7, 11) is 0. The number of rotatable bonds is 3. The third-order valence-corrected chi connectivity index (χ3v) is 13.0. The van der Waals surface area contributed by atoms with Crippen molar-refractivity contribution in [1.82, 2.24) is 0 Å². The van der Waals surface area contributed by atoms with Crippen LogP contribution in [0.25, 0.3) is 0 Å². The highest BCUT2D eigenvalue weighted by molar-refractivity contribution is 5.82. The van der Waals surface area contributed by atoms with Crippen LogP contribution >= 0.6 is 0 Å². The molecule has 208 valence electrons. The Kier molecular flexibility index (Phi) is 6.63. The molecule has 0 aliphatic heterocycles. The highest BCUT2D eigenvalue weighted by atomic mass is 16.5. The van der Waals surface area contributed by atoms with Gasteiger partial charge in [-0.1, -0.05) is 59.3 Å². The summed E-state index contributed by atoms with van der Waals surface area (Å²) in [6, 6.07) is 0. The van der Waals surface area contributed by atoms with Gasteiger partial charge in [-0.2, -0.15) is 0 Å². The third-order valence-electron chi connectivity index (χ3n) is 13.0. The number of hydrogen-bond donors (Lipinski definition) is 2. The topological polar surface area (TPSA) is 66.8 Å². The molecule has 10 atom stereocenters. The number of carbonyl (C=O) groups is 1. The van der Waals surface area contributed by atoms with Gasteiger partial charge in [-0.15, -0.1) is 0 Å². The molecule has 5 aliphatic rings. The van der Waals surface area contributed by atoms with Crippen molar-refractivity contribution in [2.24, 2.45) is 50.7 Å². The van der Waals surface area contributed by atoms with E-state index in [9.17, 15) is 15.0 Å². The molecule has 0 spiro atoms. The molecule has 0 amide bonds. The zero-order chi connectivity index (χ0) is 27.0. The smallest absolute Gasteiger partial charge is 0.330 e. The molecule has 2 unspecified atom stereocenters. The van der Waals surface area contributed by atoms with Gasteiger partial charge in [0, 0.05) is 6.08 Å². The van der Waals surface area contributed by atoms with Crippen LogP contribution in [0.4, 0.5) is 0 Å². The van der Waals surface area contributed by atoms with Gasteiger partial charge in [-0.3, -0.25) is 0 Å². The van der Waals surface area contributed by atoms with E-state index in [4.69, 9.17) is 4.74 Å². The Balaban J connectivity index is 1.58. The van der Waals surface area contributed by atoms with Crippen LogP contribution in [0.5, 0.6) is 0 Å². The van der Waals surface area contributed by atoms with E-state index in [1.807, 2.05) is 6.92 Å². The molecule has 0 radical (unpaired) electrons. The Labute approximate surface area is 225 Å². The molecule has 0 heterocycles. The van der Waals surface area contributed by atoms with E-state index in [0.717, 1.165) is 57.8 Å². The second-order valence-corrected chi connectivity index (χ2v) is 15.2. The third kappa shape index (κ3) is 3.93. The van der Waals surface area contributed by atoms with Crippen LogP contribution in [0.3, 0.4) is 0 Å². The number of ether oxygens (including phenoxy) is 1. The summed E-state index contributed by atoms with van der Waals surface area (Å²) in [5.41, 5.74) is 1.76. The molecule has 4 saturated carbocycles. The van der Waals surface area contributed by atoms with Gasteiger partial charge >= 0.3 is 5.97 Å². The second kappa shape index (κ2) is 8.95. The van der Waals surface area contributed by atoms with Crippen LogP contribution in [-0.4, -0.2) is 35.0 Å². The molecule has 0 saturated heterocycles. The first-order chi connectivity index (χ1) is 17.2. The lowest BCUT2D eigenvalue weighted by molar-refractivity contribution is -0.180. The standard InChI is InChI=1S/C33H52O4/c1-8-37-27(36)11-14-33-17-15-29(3,4)20-23(33)28-25(35)19-26-30(5)12-10-24(34)21(2)22(30)9-13-31(26,6)32(28,7)16-18-33/h11,14,19,21-25,28,34-35H,8-10,12-13,15-18,20H2,1-7H3/b14-11+/t21-,22-,23?,24-,25+,28?,30-,31+,32+,33+/m0/s1. The minimum Gasteiger partial charge on any atom is -0.463 e. The number of hydrogen-bond acceptors (Lipinski definition) is 4. The van der Waals surface area contributed by atoms with Crippen molar-refractivity contribution >= 4 is 5.97 Å². The molecule has 5 rings (SSSR count). The van der Waals surface area contributed by atoms with E-state index >= 15 is 0 Å². The van der Waals surface area contributed by atoms with Crippen molar-refractivity contribution < 1.29 is 19.7 Å². The number of allylic oxidation sites excluding steroid dienone is 2. The number of aliphatic hydroxyl groups excluding tert-OH is 2. The maximum Gasteiger partial charge on any atom is 0.330 e. The highest BCUT2D eigenvalue weighted by Gasteiger charge is 2.68. The highest BCUT2D eigenvalue weighted by Crippen LogP contribution is 2.74. The van der Waals surface area contributed by atoms with Gasteiger partial charge in [-0.05, 0) is 115 Å². The first-order valence-electron chi connectivity index (χ1n) is 15.2. The average Bonchev–Trinajstić information content (AvgIpc) is 2.82. The van der Waals surface area contributed by atoms with Crippen molar-refractivity contribution in [2.75, 3.05) is 6.61 Å². The van der Waals surface area contributed by atoms with E-state index in [1.54, 1.807) is 6.08 Å². The number of carbonyl (C=O) groups excluding carboxylic acids is 1. The van der Waals surface area contributed by atoms with Crippen LogP contribution in [-0.2, 0) is 9.53 Å². The summed E-state index contributed by atoms with van der Waals surface area (Å²) < 4.78 is 5.26. The summed E-state index contributed by atoms with van der Waals surface area (Å²) in [5.74, 6) is 1.05. The van der Waals surface area contributed by atoms with Crippen molar-refractivity contribution in [1.29, 1.82) is 0 Å². The number of aliphatic hydroxyl groups is 2. The molecule has 4 heteroatoms. The largest absolute Gasteiger partial charge is 0.463 e. The molecule has 4 fully saturated rings. The lowest BCUT2D eigenvalue weighted by Gasteiger charge is -2.70. The van der Waals surface area contributed by atoms with Gasteiger partial charge in [0.05, 0.1) is 18.8 Å². The molecule has 0 aromatic carbocycles. The maximum atomic E-state index is 12.4. The van der Waals surface area contributed by atoms with E-state index in [0.29, 0.717) is 24.4 Å². The summed E-state index contributed by atoms with van der Waals surface area (Å²) in [5, 5.41) is 22.8. The minimum atomic E-state index is -0.472. The molecule has 0 aromatic rings.